The summed E-state index contributed by atoms with van der Waals surface area (Å²) >= 11 is 9.55. The molecular weight excluding hydrogens is 300 g/mol. The van der Waals surface area contributed by atoms with Crippen molar-refractivity contribution in [2.24, 2.45) is 0 Å². The molecule has 2 nitrogen and oxygen atoms in total. The summed E-state index contributed by atoms with van der Waals surface area (Å²) in [5.74, 6) is 0.791. The summed E-state index contributed by atoms with van der Waals surface area (Å²) in [4.78, 5) is 8.81. The van der Waals surface area contributed by atoms with Gasteiger partial charge in [-0.25, -0.2) is 9.97 Å². The molecular formula is C13H12BrClN2. The molecule has 0 atom stereocenters. The summed E-state index contributed by atoms with van der Waals surface area (Å²) in [7, 11) is 0. The third-order valence-electron chi connectivity index (χ3n) is 2.38. The maximum absolute atomic E-state index is 6.11. The van der Waals surface area contributed by atoms with Crippen LogP contribution in [0.2, 0.25) is 5.15 Å². The lowest BCUT2D eigenvalue weighted by atomic mass is 10.1. The summed E-state index contributed by atoms with van der Waals surface area (Å²) in [6.07, 6.45) is 1.85. The number of nitrogens with zero attached hydrogens (tertiary/aromatic N) is 2. The Bertz CT molecular complexity index is 514. The normalized spacial score (nSPS) is 10.5. The second-order valence-corrected chi connectivity index (χ2v) is 4.86. The van der Waals surface area contributed by atoms with E-state index in [1.807, 2.05) is 30.3 Å². The Labute approximate surface area is 114 Å². The molecule has 0 saturated heterocycles. The number of hydrogen-bond donors (Lipinski definition) is 0. The van der Waals surface area contributed by atoms with Gasteiger partial charge in [0.2, 0.25) is 0 Å². The minimum Gasteiger partial charge on any atom is -0.232 e. The molecule has 0 amide bonds. The average Bonchev–Trinajstić information content (AvgIpc) is 2.35. The Morgan fingerprint density at radius 1 is 1.18 bits per heavy atom. The highest BCUT2D eigenvalue weighted by atomic mass is 79.9. The second-order valence-electron chi connectivity index (χ2n) is 3.71. The molecule has 1 heterocycles. The Hall–Kier alpha value is -0.930. The quantitative estimate of drug-likeness (QED) is 0.779. The van der Waals surface area contributed by atoms with Crippen molar-refractivity contribution in [3.8, 4) is 11.3 Å². The van der Waals surface area contributed by atoms with Gasteiger partial charge in [-0.15, -0.1) is 0 Å². The molecule has 0 bridgehead atoms. The first-order valence-corrected chi connectivity index (χ1v) is 6.66. The van der Waals surface area contributed by atoms with Crippen LogP contribution in [0.5, 0.6) is 0 Å². The molecule has 2 rings (SSSR count). The average molecular weight is 312 g/mol. The minimum atomic E-state index is 0.474. The summed E-state index contributed by atoms with van der Waals surface area (Å²) in [5, 5.41) is 0.474. The SMILES string of the molecule is CCCc1nc(Cl)c(Br)c(-c2ccccc2)n1. The minimum absolute atomic E-state index is 0.474. The van der Waals surface area contributed by atoms with Crippen molar-refractivity contribution >= 4 is 27.5 Å². The van der Waals surface area contributed by atoms with Gasteiger partial charge in [0.25, 0.3) is 0 Å². The molecule has 0 aliphatic carbocycles. The Morgan fingerprint density at radius 3 is 2.53 bits per heavy atom. The van der Waals surface area contributed by atoms with Crippen molar-refractivity contribution in [1.29, 1.82) is 0 Å². The smallest absolute Gasteiger partial charge is 0.147 e. The van der Waals surface area contributed by atoms with Gasteiger partial charge >= 0.3 is 0 Å². The maximum Gasteiger partial charge on any atom is 0.147 e. The lowest BCUT2D eigenvalue weighted by molar-refractivity contribution is 0.834. The molecule has 88 valence electrons. The topological polar surface area (TPSA) is 25.8 Å². The van der Waals surface area contributed by atoms with Crippen LogP contribution in [0.3, 0.4) is 0 Å². The van der Waals surface area contributed by atoms with Gasteiger partial charge in [0, 0.05) is 12.0 Å². The molecule has 1 aromatic heterocycles. The third kappa shape index (κ3) is 2.85. The van der Waals surface area contributed by atoms with Crippen molar-refractivity contribution in [1.82, 2.24) is 9.97 Å². The van der Waals surface area contributed by atoms with Gasteiger partial charge in [0.05, 0.1) is 10.2 Å². The standard InChI is InChI=1S/C13H12BrClN2/c1-2-6-10-16-12(11(14)13(15)17-10)9-7-4-3-5-8-9/h3-5,7-8H,2,6H2,1H3. The van der Waals surface area contributed by atoms with Gasteiger partial charge in [0.1, 0.15) is 11.0 Å². The highest BCUT2D eigenvalue weighted by Crippen LogP contribution is 2.31. The van der Waals surface area contributed by atoms with Gasteiger partial charge in [0.15, 0.2) is 0 Å². The van der Waals surface area contributed by atoms with Gasteiger partial charge < -0.3 is 0 Å². The number of aromatic nitrogens is 2. The van der Waals surface area contributed by atoms with Crippen LogP contribution in [0.1, 0.15) is 19.2 Å². The first-order valence-electron chi connectivity index (χ1n) is 5.49. The van der Waals surface area contributed by atoms with E-state index < -0.39 is 0 Å². The Morgan fingerprint density at radius 2 is 1.88 bits per heavy atom. The lowest BCUT2D eigenvalue weighted by Gasteiger charge is -2.07. The van der Waals surface area contributed by atoms with Gasteiger partial charge in [-0.1, -0.05) is 48.9 Å². The van der Waals surface area contributed by atoms with E-state index >= 15 is 0 Å². The van der Waals surface area contributed by atoms with E-state index in [0.29, 0.717) is 5.15 Å². The van der Waals surface area contributed by atoms with Crippen molar-refractivity contribution in [3.63, 3.8) is 0 Å². The van der Waals surface area contributed by atoms with Gasteiger partial charge in [-0.05, 0) is 22.4 Å². The lowest BCUT2D eigenvalue weighted by Crippen LogP contribution is -1.98. The van der Waals surface area contributed by atoms with E-state index in [1.165, 1.54) is 0 Å². The molecule has 0 aliphatic heterocycles. The fourth-order valence-corrected chi connectivity index (χ4v) is 2.18. The molecule has 0 aliphatic rings. The van der Waals surface area contributed by atoms with Crippen LogP contribution in [-0.2, 0) is 6.42 Å². The zero-order valence-corrected chi connectivity index (χ0v) is 11.8. The van der Waals surface area contributed by atoms with Crippen LogP contribution in [0.25, 0.3) is 11.3 Å². The summed E-state index contributed by atoms with van der Waals surface area (Å²) in [6.45, 7) is 2.10. The monoisotopic (exact) mass is 310 g/mol. The van der Waals surface area contributed by atoms with E-state index in [9.17, 15) is 0 Å². The first-order chi connectivity index (χ1) is 8.22. The zero-order valence-electron chi connectivity index (χ0n) is 9.45. The summed E-state index contributed by atoms with van der Waals surface area (Å²) < 4.78 is 0.755. The second kappa shape index (κ2) is 5.61. The number of hydrogen-bond acceptors (Lipinski definition) is 2. The van der Waals surface area contributed by atoms with E-state index in [1.54, 1.807) is 0 Å². The third-order valence-corrected chi connectivity index (χ3v) is 3.63. The molecule has 0 spiro atoms. The summed E-state index contributed by atoms with van der Waals surface area (Å²) in [6, 6.07) is 9.97. The highest BCUT2D eigenvalue weighted by Gasteiger charge is 2.11. The molecule has 0 radical (unpaired) electrons. The van der Waals surface area contributed by atoms with E-state index in [-0.39, 0.29) is 0 Å². The predicted octanol–water partition coefficient (Wildman–Crippen LogP) is 4.51. The van der Waals surface area contributed by atoms with Gasteiger partial charge in [-0.2, -0.15) is 0 Å². The molecule has 0 fully saturated rings. The van der Waals surface area contributed by atoms with Crippen LogP contribution >= 0.6 is 27.5 Å². The molecule has 4 heteroatoms. The van der Waals surface area contributed by atoms with Crippen molar-refractivity contribution < 1.29 is 0 Å². The number of halogens is 2. The Kier molecular flexibility index (Phi) is 4.13. The van der Waals surface area contributed by atoms with E-state index in [4.69, 9.17) is 11.6 Å². The predicted molar refractivity (Wildman–Crippen MR) is 74.2 cm³/mol. The van der Waals surface area contributed by atoms with Crippen molar-refractivity contribution in [3.05, 3.63) is 45.8 Å². The first kappa shape index (κ1) is 12.5. The Balaban J connectivity index is 2.53. The van der Waals surface area contributed by atoms with Crippen LogP contribution in [0.15, 0.2) is 34.8 Å². The van der Waals surface area contributed by atoms with Crippen LogP contribution < -0.4 is 0 Å². The van der Waals surface area contributed by atoms with Crippen molar-refractivity contribution in [2.45, 2.75) is 19.8 Å². The highest BCUT2D eigenvalue weighted by molar-refractivity contribution is 9.10. The molecule has 17 heavy (non-hydrogen) atoms. The number of rotatable bonds is 3. The molecule has 1 aromatic carbocycles. The largest absolute Gasteiger partial charge is 0.232 e. The summed E-state index contributed by atoms with van der Waals surface area (Å²) in [5.41, 5.74) is 1.90. The van der Waals surface area contributed by atoms with Crippen molar-refractivity contribution in [2.75, 3.05) is 0 Å². The molecule has 0 unspecified atom stereocenters. The fourth-order valence-electron chi connectivity index (χ4n) is 1.59. The maximum atomic E-state index is 6.11. The fraction of sp³-hybridized carbons (Fsp3) is 0.231. The van der Waals surface area contributed by atoms with Gasteiger partial charge in [-0.3, -0.25) is 0 Å². The van der Waals surface area contributed by atoms with Crippen LogP contribution in [0, 0.1) is 0 Å². The van der Waals surface area contributed by atoms with Crippen LogP contribution in [0.4, 0.5) is 0 Å². The molecule has 2 aromatic rings. The number of aryl methyl sites for hydroxylation is 1. The zero-order chi connectivity index (χ0) is 12.3. The van der Waals surface area contributed by atoms with E-state index in [0.717, 1.165) is 34.4 Å². The van der Waals surface area contributed by atoms with E-state index in [2.05, 4.69) is 32.8 Å². The number of benzene rings is 1. The van der Waals surface area contributed by atoms with Crippen LogP contribution in [-0.4, -0.2) is 9.97 Å². The molecule has 0 saturated carbocycles. The molecule has 0 N–H and O–H groups in total.